The zero-order chi connectivity index (χ0) is 29.6. The first-order valence-electron chi connectivity index (χ1n) is 14.7. The van der Waals surface area contributed by atoms with Crippen LogP contribution in [0.2, 0.25) is 0 Å². The van der Waals surface area contributed by atoms with Gasteiger partial charge in [0.1, 0.15) is 0 Å². The lowest BCUT2D eigenvalue weighted by molar-refractivity contribution is 0.641. The summed E-state index contributed by atoms with van der Waals surface area (Å²) in [7, 11) is 0. The van der Waals surface area contributed by atoms with Crippen molar-refractivity contribution in [3.8, 4) is 0 Å². The lowest BCUT2D eigenvalue weighted by Gasteiger charge is -2.30. The van der Waals surface area contributed by atoms with E-state index < -0.39 is 0 Å². The molecule has 0 aromatic heterocycles. The minimum atomic E-state index is -0.137. The Hall–Kier alpha value is -5.34. The second-order valence-electron chi connectivity index (χ2n) is 11.2. The second-order valence-corrected chi connectivity index (χ2v) is 11.2. The molecule has 0 saturated heterocycles. The molecule has 0 saturated carbocycles. The number of nitrogens with zero attached hydrogens (tertiary/aromatic N) is 2. The van der Waals surface area contributed by atoms with E-state index >= 15 is 0 Å². The number of benzene rings is 6. The highest BCUT2D eigenvalue weighted by molar-refractivity contribution is 5.83. The molecule has 0 aliphatic rings. The molecule has 6 aromatic rings. The molecule has 0 aliphatic carbocycles. The quantitative estimate of drug-likeness (QED) is 0.175. The summed E-state index contributed by atoms with van der Waals surface area (Å²) in [5.74, 6) is 0. The highest BCUT2D eigenvalue weighted by Crippen LogP contribution is 2.41. The van der Waals surface area contributed by atoms with E-state index in [0.29, 0.717) is 0 Å². The van der Waals surface area contributed by atoms with E-state index in [1.807, 2.05) is 6.08 Å². The van der Waals surface area contributed by atoms with Gasteiger partial charge < -0.3 is 9.80 Å². The molecular formula is C41H36N2. The molecule has 6 rings (SSSR count). The number of hydrogen-bond donors (Lipinski definition) is 0. The van der Waals surface area contributed by atoms with Crippen molar-refractivity contribution in [2.45, 2.75) is 19.3 Å². The molecule has 0 N–H and O–H groups in total. The van der Waals surface area contributed by atoms with Crippen LogP contribution in [-0.2, 0) is 5.41 Å². The Morgan fingerprint density at radius 2 is 0.767 bits per heavy atom. The predicted octanol–water partition coefficient (Wildman–Crippen LogP) is 11.6. The molecule has 0 aliphatic heterocycles. The molecule has 0 radical (unpaired) electrons. The SMILES string of the molecule is C=Cc1ccc(C(C)(C)c2ccc(N(c3ccccc3)c3cccc(N(c4ccccc4)c4ccccc4)c3)cc2)cc1. The minimum absolute atomic E-state index is 0.137. The van der Waals surface area contributed by atoms with Crippen LogP contribution in [0.3, 0.4) is 0 Å². The van der Waals surface area contributed by atoms with Crippen molar-refractivity contribution >= 4 is 40.2 Å². The fourth-order valence-electron chi connectivity index (χ4n) is 5.63. The Labute approximate surface area is 255 Å². The van der Waals surface area contributed by atoms with Crippen molar-refractivity contribution in [3.63, 3.8) is 0 Å². The highest BCUT2D eigenvalue weighted by atomic mass is 15.2. The van der Waals surface area contributed by atoms with Crippen LogP contribution in [0.5, 0.6) is 0 Å². The Balaban J connectivity index is 1.41. The van der Waals surface area contributed by atoms with E-state index in [9.17, 15) is 0 Å². The standard InChI is InChI=1S/C41H36N2/c1-4-32-23-25-33(26-24-32)41(2,3)34-27-29-38(30-28-34)43(37-19-12-7-13-20-37)40-22-14-21-39(31-40)42(35-15-8-5-9-16-35)36-17-10-6-11-18-36/h4-31H,1H2,2-3H3. The van der Waals surface area contributed by atoms with Crippen molar-refractivity contribution in [1.29, 1.82) is 0 Å². The molecular weight excluding hydrogens is 520 g/mol. The molecule has 0 fully saturated rings. The van der Waals surface area contributed by atoms with Gasteiger partial charge in [0.2, 0.25) is 0 Å². The predicted molar refractivity (Wildman–Crippen MR) is 184 cm³/mol. The minimum Gasteiger partial charge on any atom is -0.310 e. The van der Waals surface area contributed by atoms with E-state index in [4.69, 9.17) is 0 Å². The zero-order valence-corrected chi connectivity index (χ0v) is 24.8. The third-order valence-electron chi connectivity index (χ3n) is 8.10. The fraction of sp³-hybridized carbons (Fsp3) is 0.0732. The van der Waals surface area contributed by atoms with Gasteiger partial charge in [0.25, 0.3) is 0 Å². The lowest BCUT2D eigenvalue weighted by atomic mass is 9.78. The molecule has 6 aromatic carbocycles. The smallest absolute Gasteiger partial charge is 0.0482 e. The van der Waals surface area contributed by atoms with E-state index in [2.05, 4.69) is 194 Å². The van der Waals surface area contributed by atoms with Gasteiger partial charge in [-0.2, -0.15) is 0 Å². The van der Waals surface area contributed by atoms with Crippen molar-refractivity contribution in [1.82, 2.24) is 0 Å². The van der Waals surface area contributed by atoms with E-state index in [1.54, 1.807) is 0 Å². The molecule has 43 heavy (non-hydrogen) atoms. The van der Waals surface area contributed by atoms with Crippen LogP contribution < -0.4 is 9.80 Å². The maximum atomic E-state index is 3.90. The lowest BCUT2D eigenvalue weighted by Crippen LogP contribution is -2.19. The molecule has 0 atom stereocenters. The number of hydrogen-bond acceptors (Lipinski definition) is 2. The summed E-state index contributed by atoms with van der Waals surface area (Å²) in [4.78, 5) is 4.63. The van der Waals surface area contributed by atoms with Crippen molar-refractivity contribution in [2.24, 2.45) is 0 Å². The fourth-order valence-corrected chi connectivity index (χ4v) is 5.63. The van der Waals surface area contributed by atoms with Crippen LogP contribution in [0, 0.1) is 0 Å². The maximum absolute atomic E-state index is 3.90. The Bertz CT molecular complexity index is 1730. The van der Waals surface area contributed by atoms with Gasteiger partial charge in [-0.3, -0.25) is 0 Å². The van der Waals surface area contributed by atoms with Crippen molar-refractivity contribution in [3.05, 3.63) is 187 Å². The Morgan fingerprint density at radius 3 is 1.16 bits per heavy atom. The van der Waals surface area contributed by atoms with Gasteiger partial charge in [0, 0.05) is 39.5 Å². The average Bonchev–Trinajstić information content (AvgIpc) is 3.07. The monoisotopic (exact) mass is 556 g/mol. The number of rotatable bonds is 9. The second kappa shape index (κ2) is 12.3. The normalized spacial score (nSPS) is 11.1. The molecule has 0 unspecified atom stereocenters. The molecule has 2 nitrogen and oxygen atoms in total. The molecule has 210 valence electrons. The maximum Gasteiger partial charge on any atom is 0.0482 e. The van der Waals surface area contributed by atoms with Crippen LogP contribution in [0.1, 0.15) is 30.5 Å². The van der Waals surface area contributed by atoms with E-state index in [1.165, 1.54) is 11.1 Å². The summed E-state index contributed by atoms with van der Waals surface area (Å²) in [6.45, 7) is 8.46. The van der Waals surface area contributed by atoms with Gasteiger partial charge in [-0.25, -0.2) is 0 Å². The van der Waals surface area contributed by atoms with Gasteiger partial charge in [-0.15, -0.1) is 0 Å². The molecule has 0 amide bonds. The van der Waals surface area contributed by atoms with Crippen molar-refractivity contribution < 1.29 is 0 Å². The average molecular weight is 557 g/mol. The van der Waals surface area contributed by atoms with Crippen LogP contribution in [0.15, 0.2) is 170 Å². The third kappa shape index (κ3) is 5.86. The summed E-state index contributed by atoms with van der Waals surface area (Å²) in [6.07, 6.45) is 1.89. The van der Waals surface area contributed by atoms with Crippen molar-refractivity contribution in [2.75, 3.05) is 9.80 Å². The highest BCUT2D eigenvalue weighted by Gasteiger charge is 2.24. The zero-order valence-electron chi connectivity index (χ0n) is 24.8. The van der Waals surface area contributed by atoms with Crippen LogP contribution in [0.25, 0.3) is 6.08 Å². The number of anilines is 6. The summed E-state index contributed by atoms with van der Waals surface area (Å²) in [5.41, 5.74) is 10.2. The summed E-state index contributed by atoms with van der Waals surface area (Å²) in [6, 6.07) is 58.1. The summed E-state index contributed by atoms with van der Waals surface area (Å²) < 4.78 is 0. The molecule has 0 heterocycles. The first-order chi connectivity index (χ1) is 21.0. The van der Waals surface area contributed by atoms with Crippen LogP contribution >= 0.6 is 0 Å². The van der Waals surface area contributed by atoms with Gasteiger partial charge in [0.15, 0.2) is 0 Å². The summed E-state index contributed by atoms with van der Waals surface area (Å²) in [5, 5.41) is 0. The van der Waals surface area contributed by atoms with Crippen LogP contribution in [-0.4, -0.2) is 0 Å². The third-order valence-corrected chi connectivity index (χ3v) is 8.10. The largest absolute Gasteiger partial charge is 0.310 e. The first-order valence-corrected chi connectivity index (χ1v) is 14.7. The van der Waals surface area contributed by atoms with Gasteiger partial charge in [-0.1, -0.05) is 124 Å². The Kier molecular flexibility index (Phi) is 7.93. The topological polar surface area (TPSA) is 6.48 Å². The first kappa shape index (κ1) is 27.8. The Morgan fingerprint density at radius 1 is 0.419 bits per heavy atom. The summed E-state index contributed by atoms with van der Waals surface area (Å²) >= 11 is 0. The molecule has 0 bridgehead atoms. The van der Waals surface area contributed by atoms with E-state index in [0.717, 1.165) is 39.7 Å². The van der Waals surface area contributed by atoms with Gasteiger partial charge in [0.05, 0.1) is 0 Å². The molecule has 2 heteroatoms. The molecule has 0 spiro atoms. The van der Waals surface area contributed by atoms with E-state index in [-0.39, 0.29) is 5.41 Å². The number of para-hydroxylation sites is 3. The van der Waals surface area contributed by atoms with Gasteiger partial charge >= 0.3 is 0 Å². The van der Waals surface area contributed by atoms with Crippen LogP contribution in [0.4, 0.5) is 34.1 Å². The van der Waals surface area contributed by atoms with Gasteiger partial charge in [-0.05, 0) is 83.4 Å².